The van der Waals surface area contributed by atoms with E-state index in [2.05, 4.69) is 194 Å². The first kappa shape index (κ1) is 28.1. The number of fused-ring (bicyclic) bond motifs is 7. The zero-order chi connectivity index (χ0) is 32.4. The average Bonchev–Trinajstić information content (AvgIpc) is 3.75. The molecule has 1 spiro atoms. The number of benzene rings is 6. The molecule has 49 heavy (non-hydrogen) atoms. The molecule has 6 aromatic carbocycles. The van der Waals surface area contributed by atoms with Gasteiger partial charge in [0, 0.05) is 0 Å². The maximum Gasteiger partial charge on any atom is 0.0554 e. The second-order valence-electron chi connectivity index (χ2n) is 13.7. The Morgan fingerprint density at radius 3 is 1.67 bits per heavy atom. The van der Waals surface area contributed by atoms with Crippen molar-refractivity contribution in [1.82, 2.24) is 0 Å². The van der Waals surface area contributed by atoms with Crippen LogP contribution >= 0.6 is 0 Å². The maximum atomic E-state index is 2.54. The van der Waals surface area contributed by atoms with Gasteiger partial charge in [-0.3, -0.25) is 0 Å². The minimum Gasteiger partial charge on any atom is -0.0683 e. The molecule has 0 saturated carbocycles. The lowest BCUT2D eigenvalue weighted by atomic mass is 9.47. The lowest BCUT2D eigenvalue weighted by molar-refractivity contribution is 0.384. The fourth-order valence-corrected chi connectivity index (χ4v) is 9.20. The highest BCUT2D eigenvalue weighted by Gasteiger charge is 2.59. The standard InChI is InChI=1S/C49H34/c1-5-14-34(15-6-1)36-23-25-42-38(30-36)32-46-44(42)22-13-28-49(46)47-33-39-31-37(35-16-7-2-8-17-35)24-26-43(39)45(47)27-29-48(49,40-18-9-3-10-19-40)41-20-11-4-12-21-41/h1-32H,33H2. The molecule has 0 fully saturated rings. The van der Waals surface area contributed by atoms with Crippen LogP contribution in [0, 0.1) is 5.41 Å². The van der Waals surface area contributed by atoms with Gasteiger partial charge in [0.05, 0.1) is 10.8 Å². The third-order valence-corrected chi connectivity index (χ3v) is 11.3. The molecule has 0 radical (unpaired) electrons. The van der Waals surface area contributed by atoms with Crippen molar-refractivity contribution in [3.63, 3.8) is 0 Å². The van der Waals surface area contributed by atoms with Crippen molar-refractivity contribution in [3.8, 4) is 22.3 Å². The smallest absolute Gasteiger partial charge is 0.0554 e. The zero-order valence-corrected chi connectivity index (χ0v) is 27.2. The molecule has 1 atom stereocenters. The average molecular weight is 623 g/mol. The molecule has 0 saturated heterocycles. The van der Waals surface area contributed by atoms with E-state index in [4.69, 9.17) is 0 Å². The minimum absolute atomic E-state index is 0.457. The Hall–Kier alpha value is -5.98. The Bertz CT molecular complexity index is 2380. The van der Waals surface area contributed by atoms with Crippen LogP contribution in [0.15, 0.2) is 199 Å². The molecule has 0 aromatic heterocycles. The van der Waals surface area contributed by atoms with Crippen LogP contribution in [0.1, 0.15) is 33.4 Å². The summed E-state index contributed by atoms with van der Waals surface area (Å²) in [6.45, 7) is 0. The van der Waals surface area contributed by atoms with Crippen molar-refractivity contribution in [3.05, 3.63) is 233 Å². The van der Waals surface area contributed by atoms with Crippen LogP contribution < -0.4 is 0 Å². The summed E-state index contributed by atoms with van der Waals surface area (Å²) in [5, 5.41) is 0. The van der Waals surface area contributed by atoms with Crippen LogP contribution in [-0.4, -0.2) is 0 Å². The highest BCUT2D eigenvalue weighted by atomic mass is 14.6. The summed E-state index contributed by atoms with van der Waals surface area (Å²) in [7, 11) is 0. The summed E-state index contributed by atoms with van der Waals surface area (Å²) in [6, 6.07) is 58.1. The van der Waals surface area contributed by atoms with Crippen molar-refractivity contribution in [2.24, 2.45) is 5.41 Å². The molecule has 0 heteroatoms. The quantitative estimate of drug-likeness (QED) is 0.183. The summed E-state index contributed by atoms with van der Waals surface area (Å²) in [5.74, 6) is 0. The third-order valence-electron chi connectivity index (χ3n) is 11.3. The summed E-state index contributed by atoms with van der Waals surface area (Å²) in [5.41, 5.74) is 17.6. The SMILES string of the molecule is C1=CC2(C3=Cc4cc(-c5ccccc5)ccc4C3=C1)C1=C(C=CC2(c2ccccc2)c2ccccc2)c2ccc(-c3ccccc3)cc2C1. The van der Waals surface area contributed by atoms with Crippen LogP contribution in [0.25, 0.3) is 39.5 Å². The summed E-state index contributed by atoms with van der Waals surface area (Å²) < 4.78 is 0. The van der Waals surface area contributed by atoms with Gasteiger partial charge in [0.15, 0.2) is 0 Å². The molecule has 0 heterocycles. The van der Waals surface area contributed by atoms with Gasteiger partial charge in [0.2, 0.25) is 0 Å². The molecule has 10 rings (SSSR count). The van der Waals surface area contributed by atoms with Gasteiger partial charge >= 0.3 is 0 Å². The van der Waals surface area contributed by atoms with Gasteiger partial charge in [-0.1, -0.05) is 182 Å². The molecule has 4 aliphatic rings. The minimum atomic E-state index is -0.467. The third kappa shape index (κ3) is 3.98. The van der Waals surface area contributed by atoms with Crippen molar-refractivity contribution in [2.75, 3.05) is 0 Å². The molecular weight excluding hydrogens is 589 g/mol. The molecule has 4 aliphatic carbocycles. The van der Waals surface area contributed by atoms with E-state index in [1.807, 2.05) is 0 Å². The van der Waals surface area contributed by atoms with E-state index < -0.39 is 10.8 Å². The topological polar surface area (TPSA) is 0 Å². The molecule has 0 bridgehead atoms. The van der Waals surface area contributed by atoms with E-state index in [1.54, 1.807) is 0 Å². The van der Waals surface area contributed by atoms with Gasteiger partial charge in [-0.05, 0) is 96.5 Å². The van der Waals surface area contributed by atoms with E-state index in [-0.39, 0.29) is 0 Å². The first-order valence-electron chi connectivity index (χ1n) is 17.3. The van der Waals surface area contributed by atoms with Crippen LogP contribution in [0.3, 0.4) is 0 Å². The predicted octanol–water partition coefficient (Wildman–Crippen LogP) is 11.9. The van der Waals surface area contributed by atoms with Crippen LogP contribution in [0.4, 0.5) is 0 Å². The lowest BCUT2D eigenvalue weighted by Crippen LogP contribution is -2.49. The number of hydrogen-bond donors (Lipinski definition) is 0. The summed E-state index contributed by atoms with van der Waals surface area (Å²) in [6.07, 6.45) is 15.6. The van der Waals surface area contributed by atoms with E-state index >= 15 is 0 Å². The Labute approximate surface area is 288 Å². The normalized spacial score (nSPS) is 19.2. The Kier molecular flexibility index (Phi) is 6.17. The van der Waals surface area contributed by atoms with Crippen molar-refractivity contribution in [1.29, 1.82) is 0 Å². The molecule has 0 N–H and O–H groups in total. The molecule has 0 aliphatic heterocycles. The largest absolute Gasteiger partial charge is 0.0683 e. The molecule has 0 amide bonds. The molecule has 0 nitrogen and oxygen atoms in total. The molecule has 230 valence electrons. The Morgan fingerprint density at radius 1 is 0.469 bits per heavy atom. The maximum absolute atomic E-state index is 2.54. The van der Waals surface area contributed by atoms with Crippen molar-refractivity contribution < 1.29 is 0 Å². The fraction of sp³-hybridized carbons (Fsp3) is 0.0612. The number of hydrogen-bond acceptors (Lipinski definition) is 0. The van der Waals surface area contributed by atoms with Gasteiger partial charge < -0.3 is 0 Å². The van der Waals surface area contributed by atoms with Gasteiger partial charge in [-0.2, -0.15) is 0 Å². The summed E-state index contributed by atoms with van der Waals surface area (Å²) >= 11 is 0. The van der Waals surface area contributed by atoms with Gasteiger partial charge in [-0.25, -0.2) is 0 Å². The molecule has 1 unspecified atom stereocenters. The monoisotopic (exact) mass is 622 g/mol. The van der Waals surface area contributed by atoms with Gasteiger partial charge in [0.25, 0.3) is 0 Å². The van der Waals surface area contributed by atoms with E-state index in [0.29, 0.717) is 0 Å². The highest BCUT2D eigenvalue weighted by molar-refractivity contribution is 6.02. The Balaban J connectivity index is 1.23. The second-order valence-corrected chi connectivity index (χ2v) is 13.7. The molecule has 6 aromatic rings. The lowest BCUT2D eigenvalue weighted by Gasteiger charge is -2.54. The van der Waals surface area contributed by atoms with Crippen LogP contribution in [-0.2, 0) is 11.8 Å². The first-order valence-corrected chi connectivity index (χ1v) is 17.3. The summed E-state index contributed by atoms with van der Waals surface area (Å²) in [4.78, 5) is 0. The van der Waals surface area contributed by atoms with Gasteiger partial charge in [-0.15, -0.1) is 0 Å². The van der Waals surface area contributed by atoms with Crippen LogP contribution in [0.2, 0.25) is 0 Å². The predicted molar refractivity (Wildman–Crippen MR) is 205 cm³/mol. The molecular formula is C49H34. The fourth-order valence-electron chi connectivity index (χ4n) is 9.20. The van der Waals surface area contributed by atoms with E-state index in [0.717, 1.165) is 6.42 Å². The van der Waals surface area contributed by atoms with Crippen LogP contribution in [0.5, 0.6) is 0 Å². The Morgan fingerprint density at radius 2 is 1.04 bits per heavy atom. The van der Waals surface area contributed by atoms with Crippen molar-refractivity contribution >= 4 is 17.2 Å². The zero-order valence-electron chi connectivity index (χ0n) is 27.2. The first-order chi connectivity index (χ1) is 24.3. The number of rotatable bonds is 4. The van der Waals surface area contributed by atoms with Crippen molar-refractivity contribution in [2.45, 2.75) is 11.8 Å². The second kappa shape index (κ2) is 10.8. The van der Waals surface area contributed by atoms with Gasteiger partial charge in [0.1, 0.15) is 0 Å². The number of allylic oxidation sites excluding steroid dienone is 9. The van der Waals surface area contributed by atoms with E-state index in [9.17, 15) is 0 Å². The van der Waals surface area contributed by atoms with E-state index in [1.165, 1.54) is 77.9 Å². The highest BCUT2D eigenvalue weighted by Crippen LogP contribution is 2.67.